The molecule has 2 bridgehead atoms. The third-order valence-electron chi connectivity index (χ3n) is 5.44. The summed E-state index contributed by atoms with van der Waals surface area (Å²) in [5.41, 5.74) is 0.940. The van der Waals surface area contributed by atoms with Crippen LogP contribution in [-0.4, -0.2) is 41.1 Å². The van der Waals surface area contributed by atoms with Crippen LogP contribution in [0.2, 0.25) is 0 Å². The molecule has 0 aliphatic carbocycles. The molecule has 0 radical (unpaired) electrons. The Morgan fingerprint density at radius 2 is 2.04 bits per heavy atom. The van der Waals surface area contributed by atoms with Gasteiger partial charge in [-0.3, -0.25) is 9.69 Å². The van der Waals surface area contributed by atoms with E-state index in [9.17, 15) is 9.90 Å². The highest BCUT2D eigenvalue weighted by Gasteiger charge is 2.40. The van der Waals surface area contributed by atoms with Crippen LogP contribution in [0.5, 0.6) is 5.75 Å². The molecule has 5 heteroatoms. The fraction of sp³-hybridized carbons (Fsp3) is 0.421. The Morgan fingerprint density at radius 1 is 1.25 bits per heavy atom. The van der Waals surface area contributed by atoms with Crippen LogP contribution >= 0.6 is 11.3 Å². The minimum Gasteiger partial charge on any atom is -0.508 e. The van der Waals surface area contributed by atoms with E-state index in [1.165, 1.54) is 37.3 Å². The molecule has 4 heterocycles. The van der Waals surface area contributed by atoms with Gasteiger partial charge in [0.15, 0.2) is 0 Å². The molecule has 1 aromatic carbocycles. The summed E-state index contributed by atoms with van der Waals surface area (Å²) in [5.74, 6) is 0.879. The number of nitrogens with one attached hydrogen (secondary N) is 1. The number of nitrogens with zero attached hydrogens (tertiary/aromatic N) is 1. The number of hydrogen-bond acceptors (Lipinski definition) is 4. The zero-order valence-electron chi connectivity index (χ0n) is 13.7. The van der Waals surface area contributed by atoms with E-state index in [0.29, 0.717) is 12.0 Å². The first-order valence-electron chi connectivity index (χ1n) is 8.56. The van der Waals surface area contributed by atoms with Gasteiger partial charge in [0, 0.05) is 17.0 Å². The molecule has 4 nitrogen and oxygen atoms in total. The summed E-state index contributed by atoms with van der Waals surface area (Å²) in [6, 6.07) is 11.7. The van der Waals surface area contributed by atoms with E-state index in [4.69, 9.17) is 0 Å². The number of piperidine rings is 3. The summed E-state index contributed by atoms with van der Waals surface area (Å²) in [4.78, 5) is 16.9. The summed E-state index contributed by atoms with van der Waals surface area (Å²) in [6.45, 7) is 4.56. The standard InChI is InChI=1S/C19H22N2O2S/c1-12-18(13-7-9-21(12)10-8-13)20-19(23)17-6-5-16(24-17)14-3-2-4-15(22)11-14/h2-6,11-13,18,22H,7-10H2,1H3,(H,20,23)/t12-,18-/m0/s1. The Balaban J connectivity index is 1.49. The minimum atomic E-state index is 0.0250. The monoisotopic (exact) mass is 342 g/mol. The van der Waals surface area contributed by atoms with Crippen molar-refractivity contribution in [3.05, 3.63) is 41.3 Å². The maximum Gasteiger partial charge on any atom is 0.261 e. The van der Waals surface area contributed by atoms with Crippen molar-refractivity contribution in [2.45, 2.75) is 31.8 Å². The van der Waals surface area contributed by atoms with Gasteiger partial charge in [-0.2, -0.15) is 0 Å². The molecule has 0 saturated carbocycles. The number of phenolic OH excluding ortho intramolecular Hbond substituents is 1. The van der Waals surface area contributed by atoms with E-state index >= 15 is 0 Å². The van der Waals surface area contributed by atoms with Crippen LogP contribution in [0, 0.1) is 5.92 Å². The largest absolute Gasteiger partial charge is 0.508 e. The number of amides is 1. The fourth-order valence-electron chi connectivity index (χ4n) is 4.04. The predicted molar refractivity (Wildman–Crippen MR) is 96.4 cm³/mol. The van der Waals surface area contributed by atoms with Gasteiger partial charge in [0.25, 0.3) is 5.91 Å². The molecule has 2 atom stereocenters. The summed E-state index contributed by atoms with van der Waals surface area (Å²) < 4.78 is 0. The number of fused-ring (bicyclic) bond motifs is 3. The van der Waals surface area contributed by atoms with E-state index in [2.05, 4.69) is 17.1 Å². The van der Waals surface area contributed by atoms with Gasteiger partial charge >= 0.3 is 0 Å². The van der Waals surface area contributed by atoms with Crippen LogP contribution in [0.15, 0.2) is 36.4 Å². The molecule has 0 spiro atoms. The molecular weight excluding hydrogens is 320 g/mol. The highest BCUT2D eigenvalue weighted by molar-refractivity contribution is 7.17. The van der Waals surface area contributed by atoms with Crippen LogP contribution < -0.4 is 5.32 Å². The van der Waals surface area contributed by atoms with E-state index in [0.717, 1.165) is 15.3 Å². The third kappa shape index (κ3) is 2.82. The number of thiophene rings is 1. The number of benzene rings is 1. The SMILES string of the molecule is C[C@H]1[C@H](NC(=O)c2ccc(-c3cccc(O)c3)s2)C2CCN1CC2. The first-order chi connectivity index (χ1) is 11.6. The smallest absolute Gasteiger partial charge is 0.261 e. The molecule has 126 valence electrons. The highest BCUT2D eigenvalue weighted by Crippen LogP contribution is 2.33. The van der Waals surface area contributed by atoms with Gasteiger partial charge in [-0.05, 0) is 68.6 Å². The lowest BCUT2D eigenvalue weighted by Crippen LogP contribution is -2.62. The second kappa shape index (κ2) is 6.22. The average molecular weight is 342 g/mol. The van der Waals surface area contributed by atoms with Gasteiger partial charge in [-0.1, -0.05) is 12.1 Å². The Hall–Kier alpha value is -1.85. The van der Waals surface area contributed by atoms with Gasteiger partial charge in [0.2, 0.25) is 0 Å². The van der Waals surface area contributed by atoms with Gasteiger partial charge in [0.1, 0.15) is 5.75 Å². The molecular formula is C19H22N2O2S. The Labute approximate surface area is 146 Å². The van der Waals surface area contributed by atoms with E-state index in [-0.39, 0.29) is 17.7 Å². The lowest BCUT2D eigenvalue weighted by atomic mass is 9.79. The number of rotatable bonds is 3. The molecule has 0 unspecified atom stereocenters. The van der Waals surface area contributed by atoms with Crippen molar-refractivity contribution < 1.29 is 9.90 Å². The number of carbonyl (C=O) groups is 1. The first kappa shape index (κ1) is 15.7. The number of aromatic hydroxyl groups is 1. The molecule has 3 aliphatic rings. The van der Waals surface area contributed by atoms with Gasteiger partial charge in [-0.15, -0.1) is 11.3 Å². The summed E-state index contributed by atoms with van der Waals surface area (Å²) >= 11 is 1.48. The Kier molecular flexibility index (Phi) is 4.06. The Bertz CT molecular complexity index is 747. The second-order valence-corrected chi connectivity index (χ2v) is 7.91. The molecule has 2 N–H and O–H groups in total. The third-order valence-corrected chi connectivity index (χ3v) is 6.57. The van der Waals surface area contributed by atoms with E-state index in [1.54, 1.807) is 12.1 Å². The lowest BCUT2D eigenvalue weighted by Gasteiger charge is -2.49. The van der Waals surface area contributed by atoms with Crippen LogP contribution in [0.4, 0.5) is 0 Å². The highest BCUT2D eigenvalue weighted by atomic mass is 32.1. The maximum atomic E-state index is 12.7. The molecule has 24 heavy (non-hydrogen) atoms. The molecule has 1 amide bonds. The Morgan fingerprint density at radius 3 is 2.75 bits per heavy atom. The minimum absolute atomic E-state index is 0.0250. The zero-order valence-corrected chi connectivity index (χ0v) is 14.6. The van der Waals surface area contributed by atoms with Crippen molar-refractivity contribution in [1.82, 2.24) is 10.2 Å². The van der Waals surface area contributed by atoms with Crippen molar-refractivity contribution in [1.29, 1.82) is 0 Å². The summed E-state index contributed by atoms with van der Waals surface area (Å²) in [5, 5.41) is 12.9. The fourth-order valence-corrected chi connectivity index (χ4v) is 4.95. The normalized spacial score (nSPS) is 28.7. The molecule has 3 saturated heterocycles. The first-order valence-corrected chi connectivity index (χ1v) is 9.37. The average Bonchev–Trinajstić information content (AvgIpc) is 3.09. The maximum absolute atomic E-state index is 12.7. The van der Waals surface area contributed by atoms with Crippen molar-refractivity contribution in [3.8, 4) is 16.2 Å². The molecule has 1 aromatic heterocycles. The van der Waals surface area contributed by atoms with Crippen LogP contribution in [0.3, 0.4) is 0 Å². The van der Waals surface area contributed by atoms with Crippen LogP contribution in [0.1, 0.15) is 29.4 Å². The zero-order chi connectivity index (χ0) is 16.7. The predicted octanol–water partition coefficient (Wildman–Crippen LogP) is 3.33. The number of hydrogen-bond donors (Lipinski definition) is 2. The molecule has 3 fully saturated rings. The van der Waals surface area contributed by atoms with Crippen molar-refractivity contribution in [3.63, 3.8) is 0 Å². The molecule has 5 rings (SSSR count). The second-order valence-electron chi connectivity index (χ2n) is 6.83. The topological polar surface area (TPSA) is 52.6 Å². The van der Waals surface area contributed by atoms with Gasteiger partial charge < -0.3 is 10.4 Å². The summed E-state index contributed by atoms with van der Waals surface area (Å²) in [6.07, 6.45) is 2.38. The van der Waals surface area contributed by atoms with E-state index in [1.807, 2.05) is 24.3 Å². The van der Waals surface area contributed by atoms with Crippen molar-refractivity contribution in [2.75, 3.05) is 13.1 Å². The molecule has 3 aliphatic heterocycles. The quantitative estimate of drug-likeness (QED) is 0.899. The van der Waals surface area contributed by atoms with Crippen LogP contribution in [-0.2, 0) is 0 Å². The van der Waals surface area contributed by atoms with E-state index < -0.39 is 0 Å². The van der Waals surface area contributed by atoms with Crippen LogP contribution in [0.25, 0.3) is 10.4 Å². The number of phenols is 1. The lowest BCUT2D eigenvalue weighted by molar-refractivity contribution is 0.0218. The van der Waals surface area contributed by atoms with Gasteiger partial charge in [0.05, 0.1) is 4.88 Å². The van der Waals surface area contributed by atoms with Gasteiger partial charge in [-0.25, -0.2) is 0 Å². The summed E-state index contributed by atoms with van der Waals surface area (Å²) in [7, 11) is 0. The molecule has 2 aromatic rings. The van der Waals surface area contributed by atoms with Crippen molar-refractivity contribution in [2.24, 2.45) is 5.92 Å². The number of carbonyl (C=O) groups excluding carboxylic acids is 1. The van der Waals surface area contributed by atoms with Crippen molar-refractivity contribution >= 4 is 17.2 Å².